The van der Waals surface area contributed by atoms with E-state index in [0.29, 0.717) is 6.54 Å². The van der Waals surface area contributed by atoms with Gasteiger partial charge in [0.2, 0.25) is 0 Å². The van der Waals surface area contributed by atoms with Crippen molar-refractivity contribution in [3.8, 4) is 0 Å². The van der Waals surface area contributed by atoms with Crippen LogP contribution in [0.3, 0.4) is 0 Å². The minimum absolute atomic E-state index is 0.0703. The Morgan fingerprint density at radius 1 is 1.53 bits per heavy atom. The van der Waals surface area contributed by atoms with Crippen LogP contribution in [0.4, 0.5) is 0 Å². The van der Waals surface area contributed by atoms with Gasteiger partial charge in [0, 0.05) is 25.0 Å². The summed E-state index contributed by atoms with van der Waals surface area (Å²) in [5.41, 5.74) is 1.25. The molecule has 0 bridgehead atoms. The van der Waals surface area contributed by atoms with Crippen molar-refractivity contribution in [3.05, 3.63) is 38.7 Å². The summed E-state index contributed by atoms with van der Waals surface area (Å²) in [4.78, 5) is 12.8. The van der Waals surface area contributed by atoms with Crippen LogP contribution in [0.25, 0.3) is 0 Å². The number of nitrogens with one attached hydrogen (secondary N) is 1. The highest BCUT2D eigenvalue weighted by Gasteiger charge is 2.01. The normalized spacial score (nSPS) is 10.9. The van der Waals surface area contributed by atoms with Crippen LogP contribution in [0, 0.1) is 6.92 Å². The highest BCUT2D eigenvalue weighted by molar-refractivity contribution is 7.10. The first kappa shape index (κ1) is 12.1. The maximum Gasteiger partial charge on any atom is 0.345 e. The Labute approximate surface area is 104 Å². The predicted molar refractivity (Wildman–Crippen MR) is 68.2 cm³/mol. The summed E-state index contributed by atoms with van der Waals surface area (Å²) in [6, 6.07) is 2.12. The van der Waals surface area contributed by atoms with Gasteiger partial charge >= 0.3 is 5.69 Å². The Morgan fingerprint density at radius 2 is 2.35 bits per heavy atom. The summed E-state index contributed by atoms with van der Waals surface area (Å²) < 4.78 is 2.94. The molecule has 0 aromatic carbocycles. The Hall–Kier alpha value is -1.40. The standard InChI is InChI=1S/C11H16N4OS/c1-9-3-6-17-10(9)7-12-4-5-15-11(16)14(2)8-13-15/h3,6,8,12H,4-5,7H2,1-2H3. The molecule has 0 radical (unpaired) electrons. The van der Waals surface area contributed by atoms with Crippen LogP contribution in [0.1, 0.15) is 10.4 Å². The Bertz CT molecular complexity index is 540. The zero-order valence-electron chi connectivity index (χ0n) is 10.0. The van der Waals surface area contributed by atoms with Crippen molar-refractivity contribution in [1.82, 2.24) is 19.7 Å². The van der Waals surface area contributed by atoms with E-state index in [1.807, 2.05) is 0 Å². The molecule has 2 aromatic rings. The van der Waals surface area contributed by atoms with E-state index >= 15 is 0 Å². The van der Waals surface area contributed by atoms with Gasteiger partial charge in [-0.2, -0.15) is 5.10 Å². The van der Waals surface area contributed by atoms with E-state index in [9.17, 15) is 4.79 Å². The van der Waals surface area contributed by atoms with Crippen LogP contribution in [0.15, 0.2) is 22.6 Å². The number of nitrogens with zero attached hydrogens (tertiary/aromatic N) is 3. The minimum atomic E-state index is -0.0703. The van der Waals surface area contributed by atoms with Gasteiger partial charge in [-0.25, -0.2) is 9.48 Å². The lowest BCUT2D eigenvalue weighted by atomic mass is 10.3. The van der Waals surface area contributed by atoms with Crippen LogP contribution >= 0.6 is 11.3 Å². The van der Waals surface area contributed by atoms with Crippen LogP contribution < -0.4 is 11.0 Å². The highest BCUT2D eigenvalue weighted by atomic mass is 32.1. The molecule has 0 saturated carbocycles. The highest BCUT2D eigenvalue weighted by Crippen LogP contribution is 2.14. The van der Waals surface area contributed by atoms with Crippen LogP contribution in [-0.2, 0) is 20.1 Å². The molecule has 5 nitrogen and oxygen atoms in total. The van der Waals surface area contributed by atoms with E-state index in [2.05, 4.69) is 28.8 Å². The fraction of sp³-hybridized carbons (Fsp3) is 0.455. The van der Waals surface area contributed by atoms with Crippen molar-refractivity contribution in [2.75, 3.05) is 6.54 Å². The van der Waals surface area contributed by atoms with Gasteiger partial charge < -0.3 is 5.32 Å². The first-order chi connectivity index (χ1) is 8.18. The van der Waals surface area contributed by atoms with Gasteiger partial charge in [0.1, 0.15) is 6.33 Å². The van der Waals surface area contributed by atoms with E-state index < -0.39 is 0 Å². The van der Waals surface area contributed by atoms with Crippen molar-refractivity contribution in [2.45, 2.75) is 20.0 Å². The number of hydrogen-bond donors (Lipinski definition) is 1. The van der Waals surface area contributed by atoms with Gasteiger partial charge in [-0.3, -0.25) is 4.57 Å². The summed E-state index contributed by atoms with van der Waals surface area (Å²) in [6.07, 6.45) is 1.53. The first-order valence-electron chi connectivity index (χ1n) is 5.50. The number of aryl methyl sites for hydroxylation is 2. The molecule has 2 rings (SSSR count). The third-order valence-corrected chi connectivity index (χ3v) is 3.66. The summed E-state index contributed by atoms with van der Waals surface area (Å²) in [7, 11) is 1.70. The smallest absolute Gasteiger partial charge is 0.310 e. The molecule has 0 spiro atoms. The summed E-state index contributed by atoms with van der Waals surface area (Å²) in [5, 5.41) is 9.41. The van der Waals surface area contributed by atoms with E-state index in [4.69, 9.17) is 0 Å². The van der Waals surface area contributed by atoms with Gasteiger partial charge in [0.25, 0.3) is 0 Å². The Kier molecular flexibility index (Phi) is 3.75. The molecule has 0 aliphatic heterocycles. The molecule has 6 heteroatoms. The van der Waals surface area contributed by atoms with E-state index in [0.717, 1.165) is 13.1 Å². The fourth-order valence-electron chi connectivity index (χ4n) is 1.55. The average molecular weight is 252 g/mol. The molecular weight excluding hydrogens is 236 g/mol. The second kappa shape index (κ2) is 5.29. The number of aromatic nitrogens is 3. The first-order valence-corrected chi connectivity index (χ1v) is 6.38. The summed E-state index contributed by atoms with van der Waals surface area (Å²) in [5.74, 6) is 0. The lowest BCUT2D eigenvalue weighted by Gasteiger charge is -2.03. The molecule has 0 amide bonds. The third-order valence-electron chi connectivity index (χ3n) is 2.64. The molecule has 0 atom stereocenters. The lowest BCUT2D eigenvalue weighted by molar-refractivity contribution is 0.537. The number of hydrogen-bond acceptors (Lipinski definition) is 4. The van der Waals surface area contributed by atoms with Gasteiger partial charge in [-0.1, -0.05) is 0 Å². The van der Waals surface area contributed by atoms with E-state index in [-0.39, 0.29) is 5.69 Å². The molecule has 0 aliphatic carbocycles. The summed E-state index contributed by atoms with van der Waals surface area (Å²) in [6.45, 7) is 4.31. The SMILES string of the molecule is Cc1ccsc1CNCCn1ncn(C)c1=O. The van der Waals surface area contributed by atoms with Crippen LogP contribution in [0.2, 0.25) is 0 Å². The van der Waals surface area contributed by atoms with Crippen molar-refractivity contribution >= 4 is 11.3 Å². The fourth-order valence-corrected chi connectivity index (χ4v) is 2.42. The second-order valence-electron chi connectivity index (χ2n) is 3.95. The molecule has 0 saturated heterocycles. The second-order valence-corrected chi connectivity index (χ2v) is 4.95. The lowest BCUT2D eigenvalue weighted by Crippen LogP contribution is -2.28. The quantitative estimate of drug-likeness (QED) is 0.799. The third kappa shape index (κ3) is 2.83. The molecule has 17 heavy (non-hydrogen) atoms. The minimum Gasteiger partial charge on any atom is -0.310 e. The topological polar surface area (TPSA) is 51.9 Å². The van der Waals surface area contributed by atoms with Crippen molar-refractivity contribution in [2.24, 2.45) is 7.05 Å². The predicted octanol–water partition coefficient (Wildman–Crippen LogP) is 0.742. The molecule has 0 unspecified atom stereocenters. The van der Waals surface area contributed by atoms with E-state index in [1.165, 1.54) is 26.0 Å². The molecular formula is C11H16N4OS. The van der Waals surface area contributed by atoms with Gasteiger partial charge in [0.15, 0.2) is 0 Å². The maximum atomic E-state index is 11.5. The molecule has 0 aliphatic rings. The largest absolute Gasteiger partial charge is 0.345 e. The monoisotopic (exact) mass is 252 g/mol. The number of rotatable bonds is 5. The average Bonchev–Trinajstić information content (AvgIpc) is 2.85. The van der Waals surface area contributed by atoms with Crippen LogP contribution in [-0.4, -0.2) is 20.9 Å². The summed E-state index contributed by atoms with van der Waals surface area (Å²) >= 11 is 1.75. The van der Waals surface area contributed by atoms with Crippen LogP contribution in [0.5, 0.6) is 0 Å². The van der Waals surface area contributed by atoms with Gasteiger partial charge in [-0.05, 0) is 23.9 Å². The van der Waals surface area contributed by atoms with Gasteiger partial charge in [-0.15, -0.1) is 11.3 Å². The molecule has 0 fully saturated rings. The Morgan fingerprint density at radius 3 is 2.94 bits per heavy atom. The number of thiophene rings is 1. The molecule has 92 valence electrons. The maximum absolute atomic E-state index is 11.5. The zero-order chi connectivity index (χ0) is 12.3. The van der Waals surface area contributed by atoms with E-state index in [1.54, 1.807) is 18.4 Å². The molecule has 1 N–H and O–H groups in total. The zero-order valence-corrected chi connectivity index (χ0v) is 10.8. The van der Waals surface area contributed by atoms with Gasteiger partial charge in [0.05, 0.1) is 6.54 Å². The van der Waals surface area contributed by atoms with Crippen molar-refractivity contribution in [1.29, 1.82) is 0 Å². The van der Waals surface area contributed by atoms with Crippen molar-refractivity contribution in [3.63, 3.8) is 0 Å². The Balaban J connectivity index is 1.79. The molecule has 2 heterocycles. The molecule has 2 aromatic heterocycles. The van der Waals surface area contributed by atoms with Crippen molar-refractivity contribution < 1.29 is 0 Å².